The molecule has 0 radical (unpaired) electrons. The zero-order chi connectivity index (χ0) is 39.1. The van der Waals surface area contributed by atoms with E-state index in [1.165, 1.54) is 6.33 Å². The van der Waals surface area contributed by atoms with Crippen LogP contribution in [0.15, 0.2) is 77.7 Å². The number of rotatable bonds is 12. The molecule has 1 aliphatic heterocycles. The van der Waals surface area contributed by atoms with Crippen molar-refractivity contribution in [3.63, 3.8) is 0 Å². The van der Waals surface area contributed by atoms with E-state index >= 15 is 0 Å². The van der Waals surface area contributed by atoms with Gasteiger partial charge in [-0.05, 0) is 48.8 Å². The van der Waals surface area contributed by atoms with Crippen LogP contribution in [0.4, 0.5) is 5.82 Å². The number of nitrogens with two attached hydrogens (primary N) is 1. The molecule has 1 saturated heterocycles. The van der Waals surface area contributed by atoms with E-state index in [1.807, 2.05) is 55.1 Å². The maximum absolute atomic E-state index is 7.46. The van der Waals surface area contributed by atoms with Crippen molar-refractivity contribution in [3.8, 4) is 11.3 Å². The Morgan fingerprint density at radius 2 is 1.46 bits per heavy atom. The smallest absolute Gasteiger partial charge is 0.192 e. The second kappa shape index (κ2) is 15.5. The van der Waals surface area contributed by atoms with Gasteiger partial charge in [-0.2, -0.15) is 11.8 Å². The molecule has 6 rings (SSSR count). The largest absolute Gasteiger partial charge is 0.408 e. The summed E-state index contributed by atoms with van der Waals surface area (Å²) in [5, 5.41) is 5.07. The summed E-state index contributed by atoms with van der Waals surface area (Å²) in [7, 11) is -4.66. The fourth-order valence-electron chi connectivity index (χ4n) is 6.23. The van der Waals surface area contributed by atoms with Gasteiger partial charge in [0.2, 0.25) is 0 Å². The van der Waals surface area contributed by atoms with Crippen molar-refractivity contribution in [2.75, 3.05) is 11.5 Å². The number of aryl methyl sites for hydroxylation is 1. The van der Waals surface area contributed by atoms with Gasteiger partial charge in [0.1, 0.15) is 30.0 Å². The first kappa shape index (κ1) is 40.1. The molecule has 4 heterocycles. The van der Waals surface area contributed by atoms with Crippen molar-refractivity contribution in [2.45, 2.75) is 115 Å². The van der Waals surface area contributed by atoms with Crippen molar-refractivity contribution >= 4 is 57.4 Å². The lowest BCUT2D eigenvalue weighted by molar-refractivity contribution is -0.0244. The molecule has 0 aliphatic carbocycles. The van der Waals surface area contributed by atoms with Crippen LogP contribution in [-0.4, -0.2) is 60.4 Å². The molecule has 1 fully saturated rings. The number of nitrogens with zero attached hydrogens (tertiary/aromatic N) is 4. The van der Waals surface area contributed by atoms with Gasteiger partial charge in [0.25, 0.3) is 0 Å². The lowest BCUT2D eigenvalue weighted by Gasteiger charge is -2.44. The van der Waals surface area contributed by atoms with Crippen LogP contribution in [0.25, 0.3) is 34.5 Å². The van der Waals surface area contributed by atoms with Gasteiger partial charge >= 0.3 is 0 Å². The summed E-state index contributed by atoms with van der Waals surface area (Å²) < 4.78 is 30.1. The quantitative estimate of drug-likeness (QED) is 0.124. The normalized spacial score (nSPS) is 20.1. The van der Waals surface area contributed by atoms with E-state index < -0.39 is 29.0 Å². The van der Waals surface area contributed by atoms with Gasteiger partial charge in [0.15, 0.2) is 28.6 Å². The van der Waals surface area contributed by atoms with E-state index in [1.54, 1.807) is 0 Å². The van der Waals surface area contributed by atoms with Crippen LogP contribution in [0.1, 0.15) is 70.2 Å². The Balaban J connectivity index is 1.42. The minimum absolute atomic E-state index is 0.0221. The molecule has 2 aromatic carbocycles. The summed E-state index contributed by atoms with van der Waals surface area (Å²) in [6.07, 6.45) is 6.26. The Morgan fingerprint density at radius 3 is 2.09 bits per heavy atom. The van der Waals surface area contributed by atoms with Gasteiger partial charge in [-0.25, -0.2) is 9.97 Å². The maximum atomic E-state index is 7.46. The van der Waals surface area contributed by atoms with Crippen LogP contribution in [-0.2, 0) is 19.3 Å². The predicted molar refractivity (Wildman–Crippen MR) is 228 cm³/mol. The number of ether oxygens (including phenoxy) is 1. The van der Waals surface area contributed by atoms with Gasteiger partial charge < -0.3 is 28.4 Å². The maximum Gasteiger partial charge on any atom is 0.192 e. The Morgan fingerprint density at radius 1 is 0.852 bits per heavy atom. The number of thioether (sulfide) groups is 1. The second-order valence-electron chi connectivity index (χ2n) is 17.4. The highest BCUT2D eigenvalue weighted by Gasteiger charge is 2.54. The van der Waals surface area contributed by atoms with E-state index in [4.69, 9.17) is 28.8 Å². The first-order valence-electron chi connectivity index (χ1n) is 18.8. The molecule has 0 amide bonds. The highest BCUT2D eigenvalue weighted by atomic mass is 32.2. The van der Waals surface area contributed by atoms with E-state index in [0.717, 1.165) is 44.8 Å². The molecule has 5 aromatic rings. The summed E-state index contributed by atoms with van der Waals surface area (Å²) in [6, 6.07) is 20.4. The number of nitrogen functional groups attached to an aromatic ring is 1. The standard InChI is InChI=1S/C42H57N5O4SSi2/c1-28-32(35(49-46-28)30-20-16-13-17-21-30)25-52-26-33-36(50-53(8,9)41(2,3)4)37(51-54(10,11)42(5,6)7)40(48-33)47-24-31(23-22-29-18-14-12-15-19-29)34-38(43)44-27-45-39(34)47/h12-24,27,33,36-37,40H,25-26H2,1-11H3,(H2,43,44,45)/b23-22+/t33-,36-,37-,40-/m1/s1. The van der Waals surface area contributed by atoms with E-state index in [9.17, 15) is 0 Å². The number of hydrogen-bond donors (Lipinski definition) is 1. The second-order valence-corrected chi connectivity index (χ2v) is 27.9. The first-order chi connectivity index (χ1) is 25.4. The van der Waals surface area contributed by atoms with Crippen LogP contribution in [0.5, 0.6) is 0 Å². The number of benzene rings is 2. The lowest BCUT2D eigenvalue weighted by Crippen LogP contribution is -2.53. The predicted octanol–water partition coefficient (Wildman–Crippen LogP) is 10.8. The average Bonchev–Trinajstić information content (AvgIpc) is 3.77. The van der Waals surface area contributed by atoms with E-state index in [0.29, 0.717) is 17.2 Å². The topological polar surface area (TPSA) is 110 Å². The van der Waals surface area contributed by atoms with Crippen molar-refractivity contribution in [2.24, 2.45) is 0 Å². The molecule has 12 heteroatoms. The summed E-state index contributed by atoms with van der Waals surface area (Å²) in [5.41, 5.74) is 12.3. The zero-order valence-electron chi connectivity index (χ0n) is 33.7. The van der Waals surface area contributed by atoms with Crippen LogP contribution >= 0.6 is 11.8 Å². The molecule has 1 aliphatic rings. The minimum atomic E-state index is -2.35. The van der Waals surface area contributed by atoms with Crippen LogP contribution in [0.3, 0.4) is 0 Å². The molecule has 2 N–H and O–H groups in total. The third-order valence-corrected chi connectivity index (χ3v) is 21.5. The number of fused-ring (bicyclic) bond motifs is 1. The number of hydrogen-bond acceptors (Lipinski definition) is 9. The Kier molecular flexibility index (Phi) is 11.6. The van der Waals surface area contributed by atoms with Gasteiger partial charge in [0, 0.05) is 34.4 Å². The average molecular weight is 784 g/mol. The molecule has 288 valence electrons. The molecule has 54 heavy (non-hydrogen) atoms. The number of anilines is 1. The van der Waals surface area contributed by atoms with Crippen LogP contribution in [0, 0.1) is 6.92 Å². The van der Waals surface area contributed by atoms with Gasteiger partial charge in [-0.15, -0.1) is 0 Å². The Labute approximate surface area is 327 Å². The Hall–Kier alpha value is -3.53. The summed E-state index contributed by atoms with van der Waals surface area (Å²) >= 11 is 1.81. The fraction of sp³-hybridized carbons (Fsp3) is 0.452. The third kappa shape index (κ3) is 8.34. The minimum Gasteiger partial charge on any atom is -0.408 e. The molecule has 0 saturated carbocycles. The molecule has 0 spiro atoms. The molecular weight excluding hydrogens is 727 g/mol. The summed E-state index contributed by atoms with van der Waals surface area (Å²) in [6.45, 7) is 24.9. The first-order valence-corrected chi connectivity index (χ1v) is 25.8. The fourth-order valence-corrected chi connectivity index (χ4v) is 10.00. The molecule has 3 aromatic heterocycles. The Bertz CT molecular complexity index is 2070. The van der Waals surface area contributed by atoms with Gasteiger partial charge in [0.05, 0.1) is 17.2 Å². The molecular formula is C42H57N5O4SSi2. The van der Waals surface area contributed by atoms with Crippen molar-refractivity contribution in [1.29, 1.82) is 0 Å². The monoisotopic (exact) mass is 783 g/mol. The van der Waals surface area contributed by atoms with Crippen molar-refractivity contribution in [3.05, 3.63) is 95.6 Å². The highest BCUT2D eigenvalue weighted by molar-refractivity contribution is 7.98. The van der Waals surface area contributed by atoms with Gasteiger partial charge in [-0.3, -0.25) is 0 Å². The number of aromatic nitrogens is 4. The lowest BCUT2D eigenvalue weighted by atomic mass is 10.1. The van der Waals surface area contributed by atoms with Gasteiger partial charge in [-0.1, -0.05) is 120 Å². The molecule has 0 unspecified atom stereocenters. The molecule has 4 atom stereocenters. The zero-order valence-corrected chi connectivity index (χ0v) is 36.5. The summed E-state index contributed by atoms with van der Waals surface area (Å²) in [5.74, 6) is 2.63. The van der Waals surface area contributed by atoms with Crippen LogP contribution in [0.2, 0.25) is 36.3 Å². The molecule has 9 nitrogen and oxygen atoms in total. The van der Waals surface area contributed by atoms with Crippen LogP contribution < -0.4 is 5.73 Å². The highest BCUT2D eigenvalue weighted by Crippen LogP contribution is 2.47. The molecule has 0 bridgehead atoms. The SMILES string of the molecule is Cc1noc(-c2ccccc2)c1CSC[C@H]1O[C@@H](n2cc(/C=C/c3ccccc3)c3c(N)ncnc32)[C@H](O[Si](C)(C)C(C)(C)C)[C@@H]1O[Si](C)(C)C(C)(C)C. The van der Waals surface area contributed by atoms with E-state index in [2.05, 4.69) is 125 Å². The van der Waals surface area contributed by atoms with Crippen molar-refractivity contribution in [1.82, 2.24) is 19.7 Å². The summed E-state index contributed by atoms with van der Waals surface area (Å²) in [4.78, 5) is 9.21. The van der Waals surface area contributed by atoms with E-state index in [-0.39, 0.29) is 22.3 Å². The van der Waals surface area contributed by atoms with Crippen molar-refractivity contribution < 1.29 is 18.1 Å². The third-order valence-electron chi connectivity index (χ3n) is 11.5.